The average molecular weight is 312 g/mol. The van der Waals surface area contributed by atoms with Crippen molar-refractivity contribution in [2.24, 2.45) is 11.7 Å². The first kappa shape index (κ1) is 13.3. The minimum Gasteiger partial charge on any atom is -0.369 e. The molecule has 0 saturated heterocycles. The number of carbonyl (C=O) groups excluding carboxylic acids is 1. The summed E-state index contributed by atoms with van der Waals surface area (Å²) in [6, 6.07) is 2.44. The van der Waals surface area contributed by atoms with Crippen molar-refractivity contribution in [2.45, 2.75) is 38.6 Å². The fourth-order valence-corrected chi connectivity index (χ4v) is 2.85. The second kappa shape index (κ2) is 5.69. The summed E-state index contributed by atoms with van der Waals surface area (Å²) in [7, 11) is 0. The van der Waals surface area contributed by atoms with Crippen molar-refractivity contribution in [3.8, 4) is 0 Å². The van der Waals surface area contributed by atoms with Crippen molar-refractivity contribution < 1.29 is 4.79 Å². The van der Waals surface area contributed by atoms with Gasteiger partial charge in [0.2, 0.25) is 5.91 Å². The smallest absolute Gasteiger partial charge is 0.220 e. The lowest BCUT2D eigenvalue weighted by Gasteiger charge is -2.28. The SMILES string of the molecule is Cc1cc(Br)cnc1NC1CCC(C(N)=O)CC1. The van der Waals surface area contributed by atoms with Crippen LogP contribution in [0.3, 0.4) is 0 Å². The maximum atomic E-state index is 11.1. The van der Waals surface area contributed by atoms with Gasteiger partial charge in [0, 0.05) is 22.6 Å². The van der Waals surface area contributed by atoms with Gasteiger partial charge in [0.15, 0.2) is 0 Å². The largest absolute Gasteiger partial charge is 0.369 e. The van der Waals surface area contributed by atoms with E-state index in [0.717, 1.165) is 41.5 Å². The number of amides is 1. The molecule has 1 fully saturated rings. The zero-order valence-electron chi connectivity index (χ0n) is 10.4. The van der Waals surface area contributed by atoms with E-state index in [0.29, 0.717) is 6.04 Å². The molecule has 1 aromatic rings. The van der Waals surface area contributed by atoms with Gasteiger partial charge in [-0.25, -0.2) is 4.98 Å². The number of nitrogens with zero attached hydrogens (tertiary/aromatic N) is 1. The molecule has 1 saturated carbocycles. The third kappa shape index (κ3) is 3.22. The minimum atomic E-state index is -0.161. The summed E-state index contributed by atoms with van der Waals surface area (Å²) in [6.07, 6.45) is 5.51. The molecule has 4 nitrogen and oxygen atoms in total. The normalized spacial score (nSPS) is 23.7. The van der Waals surface area contributed by atoms with E-state index in [1.54, 1.807) is 6.20 Å². The third-order valence-corrected chi connectivity index (χ3v) is 3.95. The van der Waals surface area contributed by atoms with Crippen molar-refractivity contribution in [1.82, 2.24) is 4.98 Å². The Morgan fingerprint density at radius 2 is 2.11 bits per heavy atom. The van der Waals surface area contributed by atoms with Gasteiger partial charge >= 0.3 is 0 Å². The number of rotatable bonds is 3. The molecule has 1 aromatic heterocycles. The number of aromatic nitrogens is 1. The summed E-state index contributed by atoms with van der Waals surface area (Å²) in [5, 5.41) is 3.45. The fraction of sp³-hybridized carbons (Fsp3) is 0.538. The molecule has 1 amide bonds. The van der Waals surface area contributed by atoms with Crippen molar-refractivity contribution in [3.63, 3.8) is 0 Å². The van der Waals surface area contributed by atoms with E-state index in [-0.39, 0.29) is 11.8 Å². The number of pyridine rings is 1. The summed E-state index contributed by atoms with van der Waals surface area (Å²) in [5.41, 5.74) is 6.46. The molecule has 0 spiro atoms. The topological polar surface area (TPSA) is 68.0 Å². The monoisotopic (exact) mass is 311 g/mol. The summed E-state index contributed by atoms with van der Waals surface area (Å²) in [4.78, 5) is 15.5. The van der Waals surface area contributed by atoms with Crippen LogP contribution in [0.5, 0.6) is 0 Å². The van der Waals surface area contributed by atoms with Gasteiger partial charge in [-0.1, -0.05) is 0 Å². The van der Waals surface area contributed by atoms with Gasteiger partial charge in [0.1, 0.15) is 5.82 Å². The third-order valence-electron chi connectivity index (χ3n) is 3.52. The highest BCUT2D eigenvalue weighted by Gasteiger charge is 2.24. The number of carbonyl (C=O) groups is 1. The highest BCUT2D eigenvalue weighted by molar-refractivity contribution is 9.10. The summed E-state index contributed by atoms with van der Waals surface area (Å²) >= 11 is 3.40. The van der Waals surface area contributed by atoms with E-state index >= 15 is 0 Å². The lowest BCUT2D eigenvalue weighted by molar-refractivity contribution is -0.122. The van der Waals surface area contributed by atoms with Crippen molar-refractivity contribution in [3.05, 3.63) is 22.3 Å². The molecule has 0 atom stereocenters. The van der Waals surface area contributed by atoms with Crippen LogP contribution in [-0.4, -0.2) is 16.9 Å². The number of hydrogen-bond donors (Lipinski definition) is 2. The molecule has 0 bridgehead atoms. The standard InChI is InChI=1S/C13H18BrN3O/c1-8-6-10(14)7-16-13(8)17-11-4-2-9(3-5-11)12(15)18/h6-7,9,11H,2-5H2,1H3,(H2,15,18)(H,16,17). The number of hydrogen-bond acceptors (Lipinski definition) is 3. The molecule has 2 rings (SSSR count). The van der Waals surface area contributed by atoms with Crippen LogP contribution in [0.25, 0.3) is 0 Å². The number of anilines is 1. The highest BCUT2D eigenvalue weighted by Crippen LogP contribution is 2.27. The van der Waals surface area contributed by atoms with E-state index < -0.39 is 0 Å². The van der Waals surface area contributed by atoms with Crippen LogP contribution in [0.4, 0.5) is 5.82 Å². The van der Waals surface area contributed by atoms with E-state index in [4.69, 9.17) is 5.73 Å². The summed E-state index contributed by atoms with van der Waals surface area (Å²) in [5.74, 6) is 0.828. The van der Waals surface area contributed by atoms with E-state index in [9.17, 15) is 4.79 Å². The number of aryl methyl sites for hydroxylation is 1. The minimum absolute atomic E-state index is 0.0574. The van der Waals surface area contributed by atoms with Crippen molar-refractivity contribution >= 4 is 27.7 Å². The van der Waals surface area contributed by atoms with Crippen LogP contribution >= 0.6 is 15.9 Å². The molecule has 1 aliphatic rings. The van der Waals surface area contributed by atoms with Gasteiger partial charge in [-0.2, -0.15) is 0 Å². The molecule has 5 heteroatoms. The molecule has 18 heavy (non-hydrogen) atoms. The Balaban J connectivity index is 1.93. The van der Waals surface area contributed by atoms with Crippen LogP contribution in [0.15, 0.2) is 16.7 Å². The first-order valence-corrected chi connectivity index (χ1v) is 7.03. The first-order chi connectivity index (χ1) is 8.56. The molecule has 1 aliphatic carbocycles. The number of nitrogens with two attached hydrogens (primary N) is 1. The summed E-state index contributed by atoms with van der Waals surface area (Å²) < 4.78 is 0.989. The Labute approximate surface area is 115 Å². The first-order valence-electron chi connectivity index (χ1n) is 6.24. The van der Waals surface area contributed by atoms with Crippen LogP contribution in [-0.2, 0) is 4.79 Å². The van der Waals surface area contributed by atoms with Gasteiger partial charge in [0.25, 0.3) is 0 Å². The van der Waals surface area contributed by atoms with Crippen LogP contribution < -0.4 is 11.1 Å². The molecule has 3 N–H and O–H groups in total. The van der Waals surface area contributed by atoms with Crippen LogP contribution in [0, 0.1) is 12.8 Å². The molecular weight excluding hydrogens is 294 g/mol. The van der Waals surface area contributed by atoms with Crippen molar-refractivity contribution in [1.29, 1.82) is 0 Å². The number of nitrogens with one attached hydrogen (secondary N) is 1. The quantitative estimate of drug-likeness (QED) is 0.901. The molecule has 0 unspecified atom stereocenters. The maximum Gasteiger partial charge on any atom is 0.220 e. The molecule has 0 aliphatic heterocycles. The zero-order valence-corrected chi connectivity index (χ0v) is 12.0. The Morgan fingerprint density at radius 1 is 1.44 bits per heavy atom. The average Bonchev–Trinajstić information content (AvgIpc) is 2.33. The van der Waals surface area contributed by atoms with E-state index in [2.05, 4.69) is 26.2 Å². The molecule has 0 radical (unpaired) electrons. The zero-order chi connectivity index (χ0) is 13.1. The Morgan fingerprint density at radius 3 is 2.67 bits per heavy atom. The Hall–Kier alpha value is -1.10. The highest BCUT2D eigenvalue weighted by atomic mass is 79.9. The van der Waals surface area contributed by atoms with Crippen LogP contribution in [0.2, 0.25) is 0 Å². The predicted octanol–water partition coefficient (Wildman–Crippen LogP) is 2.61. The van der Waals surface area contributed by atoms with Gasteiger partial charge in [0.05, 0.1) is 0 Å². The fourth-order valence-electron chi connectivity index (χ4n) is 2.41. The molecule has 1 heterocycles. The number of halogens is 1. The van der Waals surface area contributed by atoms with Gasteiger partial charge < -0.3 is 11.1 Å². The van der Waals surface area contributed by atoms with Gasteiger partial charge in [-0.05, 0) is 60.2 Å². The Bertz CT molecular complexity index is 442. The number of primary amides is 1. The Kier molecular flexibility index (Phi) is 4.22. The van der Waals surface area contributed by atoms with Gasteiger partial charge in [-0.3, -0.25) is 4.79 Å². The molecule has 0 aromatic carbocycles. The second-order valence-electron chi connectivity index (χ2n) is 4.91. The maximum absolute atomic E-state index is 11.1. The predicted molar refractivity (Wildman–Crippen MR) is 75.2 cm³/mol. The van der Waals surface area contributed by atoms with E-state index in [1.165, 1.54) is 0 Å². The second-order valence-corrected chi connectivity index (χ2v) is 5.83. The molecular formula is C13H18BrN3O. The van der Waals surface area contributed by atoms with E-state index in [1.807, 2.05) is 13.0 Å². The van der Waals surface area contributed by atoms with Gasteiger partial charge in [-0.15, -0.1) is 0 Å². The lowest BCUT2D eigenvalue weighted by atomic mass is 9.85. The lowest BCUT2D eigenvalue weighted by Crippen LogP contribution is -2.32. The van der Waals surface area contributed by atoms with Crippen LogP contribution in [0.1, 0.15) is 31.2 Å². The molecule has 98 valence electrons. The summed E-state index contributed by atoms with van der Waals surface area (Å²) in [6.45, 7) is 2.04. The van der Waals surface area contributed by atoms with Crippen molar-refractivity contribution in [2.75, 3.05) is 5.32 Å².